The number of alkyl halides is 3. The first kappa shape index (κ1) is 19.6. The molecule has 0 N–H and O–H groups in total. The summed E-state index contributed by atoms with van der Waals surface area (Å²) in [6.07, 6.45) is -1.20. The van der Waals surface area contributed by atoms with Crippen LogP contribution in [0.3, 0.4) is 0 Å². The van der Waals surface area contributed by atoms with Gasteiger partial charge in [0.2, 0.25) is 5.76 Å². The third kappa shape index (κ3) is 3.13. The van der Waals surface area contributed by atoms with Crippen molar-refractivity contribution in [1.82, 2.24) is 9.78 Å². The van der Waals surface area contributed by atoms with Crippen LogP contribution in [0, 0.1) is 0 Å². The van der Waals surface area contributed by atoms with Gasteiger partial charge in [0.05, 0.1) is 38.5 Å². The summed E-state index contributed by atoms with van der Waals surface area (Å²) >= 11 is 0. The maximum atomic E-state index is 14.0. The van der Waals surface area contributed by atoms with Gasteiger partial charge in [-0.25, -0.2) is 4.79 Å². The van der Waals surface area contributed by atoms with E-state index in [0.717, 1.165) is 18.4 Å². The monoisotopic (exact) mass is 426 g/mol. The number of ether oxygens (including phenoxy) is 3. The SMILES string of the molecule is CCOC(=O)c1oc2c(c1C(F)(F)F)-c1nn(CC3COCCO3)cc1C1(CC1)C2. The minimum atomic E-state index is -4.78. The second kappa shape index (κ2) is 6.84. The van der Waals surface area contributed by atoms with Crippen molar-refractivity contribution in [2.75, 3.05) is 26.4 Å². The maximum absolute atomic E-state index is 14.0. The van der Waals surface area contributed by atoms with Crippen molar-refractivity contribution in [1.29, 1.82) is 0 Å². The third-order valence-corrected chi connectivity index (χ3v) is 5.92. The van der Waals surface area contributed by atoms with Crippen LogP contribution in [0.15, 0.2) is 10.6 Å². The zero-order valence-electron chi connectivity index (χ0n) is 16.4. The summed E-state index contributed by atoms with van der Waals surface area (Å²) in [5, 5.41) is 4.48. The van der Waals surface area contributed by atoms with Gasteiger partial charge in [-0.1, -0.05) is 0 Å². The average molecular weight is 426 g/mol. The molecular formula is C20H21F3N2O5. The van der Waals surface area contributed by atoms with Crippen LogP contribution in [0.2, 0.25) is 0 Å². The number of carbonyl (C=O) groups excluding carboxylic acids is 1. The van der Waals surface area contributed by atoms with Gasteiger partial charge in [-0.15, -0.1) is 0 Å². The lowest BCUT2D eigenvalue weighted by Gasteiger charge is -2.22. The van der Waals surface area contributed by atoms with E-state index in [9.17, 15) is 18.0 Å². The lowest BCUT2D eigenvalue weighted by Crippen LogP contribution is -2.32. The van der Waals surface area contributed by atoms with Crippen molar-refractivity contribution in [3.8, 4) is 11.3 Å². The quantitative estimate of drug-likeness (QED) is 0.698. The van der Waals surface area contributed by atoms with Crippen LogP contribution in [0.4, 0.5) is 13.2 Å². The van der Waals surface area contributed by atoms with Crippen LogP contribution in [-0.4, -0.2) is 48.3 Å². The Balaban J connectivity index is 1.61. The number of aromatic nitrogens is 2. The Kier molecular flexibility index (Phi) is 4.48. The molecule has 0 aromatic carbocycles. The molecule has 10 heteroatoms. The Hall–Kier alpha value is -2.33. The minimum Gasteiger partial charge on any atom is -0.460 e. The largest absolute Gasteiger partial charge is 0.460 e. The first-order chi connectivity index (χ1) is 14.3. The van der Waals surface area contributed by atoms with Gasteiger partial charge in [0, 0.05) is 23.6 Å². The molecule has 1 unspecified atom stereocenters. The van der Waals surface area contributed by atoms with E-state index in [1.807, 2.05) is 0 Å². The van der Waals surface area contributed by atoms with Crippen molar-refractivity contribution in [2.45, 2.75) is 50.4 Å². The number of carbonyl (C=O) groups is 1. The highest BCUT2D eigenvalue weighted by molar-refractivity contribution is 5.92. The van der Waals surface area contributed by atoms with Crippen LogP contribution >= 0.6 is 0 Å². The van der Waals surface area contributed by atoms with Crippen molar-refractivity contribution in [2.24, 2.45) is 0 Å². The van der Waals surface area contributed by atoms with E-state index in [2.05, 4.69) is 5.10 Å². The molecule has 3 heterocycles. The fourth-order valence-corrected chi connectivity index (χ4v) is 4.40. The fraction of sp³-hybridized carbons (Fsp3) is 0.600. The summed E-state index contributed by atoms with van der Waals surface area (Å²) in [6, 6.07) is 0. The Labute approximate surface area is 170 Å². The predicted octanol–water partition coefficient (Wildman–Crippen LogP) is 3.34. The van der Waals surface area contributed by atoms with Crippen molar-refractivity contribution in [3.63, 3.8) is 0 Å². The highest BCUT2D eigenvalue weighted by atomic mass is 19.4. The second-order valence-corrected chi connectivity index (χ2v) is 7.96. The average Bonchev–Trinajstić information content (AvgIpc) is 3.14. The van der Waals surface area contributed by atoms with Crippen molar-refractivity contribution in [3.05, 3.63) is 28.8 Å². The molecule has 5 rings (SSSR count). The van der Waals surface area contributed by atoms with E-state index < -0.39 is 23.5 Å². The number of halogens is 3. The van der Waals surface area contributed by atoms with Crippen molar-refractivity contribution >= 4 is 5.97 Å². The smallest absolute Gasteiger partial charge is 0.421 e. The zero-order chi connectivity index (χ0) is 21.1. The van der Waals surface area contributed by atoms with E-state index in [1.54, 1.807) is 10.9 Å². The summed E-state index contributed by atoms with van der Waals surface area (Å²) in [5.41, 5.74) is -0.518. The second-order valence-electron chi connectivity index (χ2n) is 7.96. The number of hydrogen-bond donors (Lipinski definition) is 0. The number of furan rings is 1. The lowest BCUT2D eigenvalue weighted by atomic mass is 9.82. The molecule has 0 amide bonds. The lowest BCUT2D eigenvalue weighted by molar-refractivity contribution is -0.138. The molecule has 1 spiro atoms. The molecule has 2 aromatic rings. The normalized spacial score (nSPS) is 21.9. The Morgan fingerprint density at radius 3 is 2.80 bits per heavy atom. The Morgan fingerprint density at radius 1 is 1.37 bits per heavy atom. The number of rotatable bonds is 4. The molecule has 3 aliphatic rings. The van der Waals surface area contributed by atoms with E-state index in [1.165, 1.54) is 6.92 Å². The molecule has 1 atom stereocenters. The Morgan fingerprint density at radius 2 is 2.17 bits per heavy atom. The molecule has 30 heavy (non-hydrogen) atoms. The first-order valence-corrected chi connectivity index (χ1v) is 10.00. The zero-order valence-corrected chi connectivity index (χ0v) is 16.4. The molecule has 2 aliphatic carbocycles. The van der Waals surface area contributed by atoms with Crippen LogP contribution in [-0.2, 0) is 38.8 Å². The summed E-state index contributed by atoms with van der Waals surface area (Å²) < 4.78 is 65.0. The Bertz CT molecular complexity index is 983. The van der Waals surface area contributed by atoms with Crippen LogP contribution in [0.5, 0.6) is 0 Å². The molecule has 2 aromatic heterocycles. The molecule has 1 saturated carbocycles. The molecule has 1 aliphatic heterocycles. The standard InChI is InChI=1S/C20H21F3N2O5/c1-2-28-18(26)17-15(20(21,22)23)14-13(30-17)7-19(3-4-19)12-9-25(24-16(12)14)8-11-10-27-5-6-29-11/h9,11H,2-8,10H2,1H3. The van der Waals surface area contributed by atoms with Crippen LogP contribution < -0.4 is 0 Å². The molecule has 0 radical (unpaired) electrons. The van der Waals surface area contributed by atoms with E-state index in [-0.39, 0.29) is 35.1 Å². The van der Waals surface area contributed by atoms with Gasteiger partial charge < -0.3 is 18.6 Å². The maximum Gasteiger partial charge on any atom is 0.421 e. The van der Waals surface area contributed by atoms with Gasteiger partial charge in [0.1, 0.15) is 23.1 Å². The summed E-state index contributed by atoms with van der Waals surface area (Å²) in [5.74, 6) is -1.76. The summed E-state index contributed by atoms with van der Waals surface area (Å²) in [6.45, 7) is 3.27. The first-order valence-electron chi connectivity index (χ1n) is 10.00. The molecule has 2 fully saturated rings. The van der Waals surface area contributed by atoms with Gasteiger partial charge in [-0.2, -0.15) is 18.3 Å². The number of nitrogens with zero attached hydrogens (tertiary/aromatic N) is 2. The molecule has 7 nitrogen and oxygen atoms in total. The molecular weight excluding hydrogens is 405 g/mol. The topological polar surface area (TPSA) is 75.7 Å². The molecule has 1 saturated heterocycles. The van der Waals surface area contributed by atoms with E-state index >= 15 is 0 Å². The minimum absolute atomic E-state index is 0.0469. The van der Waals surface area contributed by atoms with Gasteiger partial charge in [-0.3, -0.25) is 4.68 Å². The number of fused-ring (bicyclic) bond motifs is 4. The fourth-order valence-electron chi connectivity index (χ4n) is 4.40. The number of hydrogen-bond acceptors (Lipinski definition) is 6. The van der Waals surface area contributed by atoms with Crippen LogP contribution in [0.1, 0.15) is 47.2 Å². The predicted molar refractivity (Wildman–Crippen MR) is 96.1 cm³/mol. The van der Waals surface area contributed by atoms with Crippen LogP contribution in [0.25, 0.3) is 11.3 Å². The summed E-state index contributed by atoms with van der Waals surface area (Å²) in [7, 11) is 0. The summed E-state index contributed by atoms with van der Waals surface area (Å²) in [4.78, 5) is 12.2. The third-order valence-electron chi connectivity index (χ3n) is 5.92. The van der Waals surface area contributed by atoms with Gasteiger partial charge in [0.15, 0.2) is 0 Å². The van der Waals surface area contributed by atoms with E-state index in [0.29, 0.717) is 32.8 Å². The van der Waals surface area contributed by atoms with E-state index in [4.69, 9.17) is 18.6 Å². The van der Waals surface area contributed by atoms with Gasteiger partial charge in [0.25, 0.3) is 0 Å². The van der Waals surface area contributed by atoms with Crippen molar-refractivity contribution < 1.29 is 36.6 Å². The number of esters is 1. The highest BCUT2D eigenvalue weighted by Gasteiger charge is 2.55. The van der Waals surface area contributed by atoms with Gasteiger partial charge in [-0.05, 0) is 19.8 Å². The highest BCUT2D eigenvalue weighted by Crippen LogP contribution is 2.59. The molecule has 162 valence electrons. The molecule has 0 bridgehead atoms. The van der Waals surface area contributed by atoms with Gasteiger partial charge >= 0.3 is 12.1 Å².